The van der Waals surface area contributed by atoms with Gasteiger partial charge in [-0.05, 0) is 18.6 Å². The molecule has 0 radical (unpaired) electrons. The van der Waals surface area contributed by atoms with Gasteiger partial charge in [0.05, 0.1) is 0 Å². The van der Waals surface area contributed by atoms with Crippen molar-refractivity contribution < 1.29 is 9.90 Å². The first kappa shape index (κ1) is 9.51. The first-order valence-electron chi connectivity index (χ1n) is 4.10. The molecule has 1 aromatic rings. The lowest BCUT2D eigenvalue weighted by Gasteiger charge is -1.98. The van der Waals surface area contributed by atoms with Crippen molar-refractivity contribution in [1.29, 1.82) is 0 Å². The van der Waals surface area contributed by atoms with Crippen molar-refractivity contribution in [2.75, 3.05) is 0 Å². The van der Waals surface area contributed by atoms with Crippen LogP contribution in [0.5, 0.6) is 0 Å². The molecule has 0 amide bonds. The second-order valence-electron chi connectivity index (χ2n) is 2.78. The van der Waals surface area contributed by atoms with Crippen LogP contribution in [-0.2, 0) is 6.42 Å². The van der Waals surface area contributed by atoms with Gasteiger partial charge in [-0.15, -0.1) is 0 Å². The van der Waals surface area contributed by atoms with E-state index in [2.05, 4.69) is 4.98 Å². The normalized spacial score (nSPS) is 9.92. The molecule has 2 N–H and O–H groups in total. The Morgan fingerprint density at radius 3 is 2.69 bits per heavy atom. The van der Waals surface area contributed by atoms with Gasteiger partial charge < -0.3 is 10.1 Å². The van der Waals surface area contributed by atoms with E-state index in [1.807, 2.05) is 6.92 Å². The molecule has 70 valence electrons. The Hall–Kier alpha value is -1.58. The molecule has 1 rings (SSSR count). The Morgan fingerprint density at radius 1 is 1.54 bits per heavy atom. The van der Waals surface area contributed by atoms with Gasteiger partial charge in [-0.3, -0.25) is 4.79 Å². The third-order valence-corrected chi connectivity index (χ3v) is 1.72. The Balaban J connectivity index is 3.06. The quantitative estimate of drug-likeness (QED) is 0.731. The minimum atomic E-state index is -1.19. The molecule has 0 aliphatic heterocycles. The van der Waals surface area contributed by atoms with E-state index < -0.39 is 11.5 Å². The molecule has 0 atom stereocenters. The highest BCUT2D eigenvalue weighted by atomic mass is 16.4. The summed E-state index contributed by atoms with van der Waals surface area (Å²) in [4.78, 5) is 24.1. The van der Waals surface area contributed by atoms with Crippen LogP contribution in [0.1, 0.15) is 29.4 Å². The minimum absolute atomic E-state index is 0.208. The summed E-state index contributed by atoms with van der Waals surface area (Å²) in [6.45, 7) is 1.99. The lowest BCUT2D eigenvalue weighted by atomic mass is 10.2. The van der Waals surface area contributed by atoms with Crippen LogP contribution in [0.15, 0.2) is 16.9 Å². The summed E-state index contributed by atoms with van der Waals surface area (Å²) in [5.74, 6) is -1.19. The number of rotatable bonds is 3. The van der Waals surface area contributed by atoms with Crippen LogP contribution in [0.4, 0.5) is 0 Å². The van der Waals surface area contributed by atoms with Crippen LogP contribution in [-0.4, -0.2) is 16.1 Å². The van der Waals surface area contributed by atoms with E-state index in [1.54, 1.807) is 6.07 Å². The van der Waals surface area contributed by atoms with Crippen molar-refractivity contribution >= 4 is 5.97 Å². The van der Waals surface area contributed by atoms with Crippen LogP contribution in [0.25, 0.3) is 0 Å². The molecule has 13 heavy (non-hydrogen) atoms. The average molecular weight is 181 g/mol. The topological polar surface area (TPSA) is 70.2 Å². The summed E-state index contributed by atoms with van der Waals surface area (Å²) in [7, 11) is 0. The second kappa shape index (κ2) is 3.89. The zero-order valence-corrected chi connectivity index (χ0v) is 7.33. The smallest absolute Gasteiger partial charge is 0.341 e. The highest BCUT2D eigenvalue weighted by Gasteiger charge is 2.07. The molecule has 0 spiro atoms. The summed E-state index contributed by atoms with van der Waals surface area (Å²) in [6.07, 6.45) is 1.68. The fraction of sp³-hybridized carbons (Fsp3) is 0.333. The van der Waals surface area contributed by atoms with Crippen molar-refractivity contribution in [1.82, 2.24) is 4.98 Å². The maximum atomic E-state index is 11.1. The van der Waals surface area contributed by atoms with Gasteiger partial charge in [0.15, 0.2) is 0 Å². The van der Waals surface area contributed by atoms with Crippen LogP contribution < -0.4 is 5.56 Å². The number of aromatic carboxylic acids is 1. The summed E-state index contributed by atoms with van der Waals surface area (Å²) < 4.78 is 0. The van der Waals surface area contributed by atoms with Gasteiger partial charge in [0.25, 0.3) is 5.56 Å². The van der Waals surface area contributed by atoms with E-state index in [0.29, 0.717) is 0 Å². The monoisotopic (exact) mass is 181 g/mol. The van der Waals surface area contributed by atoms with Crippen LogP contribution >= 0.6 is 0 Å². The zero-order chi connectivity index (χ0) is 9.84. The number of hydrogen-bond donors (Lipinski definition) is 2. The van der Waals surface area contributed by atoms with Gasteiger partial charge in [-0.2, -0.15) is 0 Å². The van der Waals surface area contributed by atoms with E-state index in [1.165, 1.54) is 6.07 Å². The van der Waals surface area contributed by atoms with Crippen LogP contribution in [0.3, 0.4) is 0 Å². The molecule has 0 aromatic carbocycles. The Kier molecular flexibility index (Phi) is 2.84. The lowest BCUT2D eigenvalue weighted by Crippen LogP contribution is -2.18. The molecular weight excluding hydrogens is 170 g/mol. The van der Waals surface area contributed by atoms with E-state index in [4.69, 9.17) is 5.11 Å². The predicted molar refractivity (Wildman–Crippen MR) is 48.0 cm³/mol. The highest BCUT2D eigenvalue weighted by molar-refractivity contribution is 5.86. The maximum Gasteiger partial charge on any atom is 0.341 e. The van der Waals surface area contributed by atoms with Crippen molar-refractivity contribution in [3.63, 3.8) is 0 Å². The number of H-pyrrole nitrogens is 1. The molecule has 4 nitrogen and oxygen atoms in total. The number of nitrogens with one attached hydrogen (secondary N) is 1. The second-order valence-corrected chi connectivity index (χ2v) is 2.78. The zero-order valence-electron chi connectivity index (χ0n) is 7.33. The minimum Gasteiger partial charge on any atom is -0.477 e. The van der Waals surface area contributed by atoms with Gasteiger partial charge in [0.1, 0.15) is 5.56 Å². The van der Waals surface area contributed by atoms with Gasteiger partial charge in [0, 0.05) is 5.69 Å². The number of aromatic nitrogens is 1. The SMILES string of the molecule is CCCc1ccc(C(=O)O)c(=O)[nH]1. The summed E-state index contributed by atoms with van der Waals surface area (Å²) in [5.41, 5.74) is 0.0378. The summed E-state index contributed by atoms with van der Waals surface area (Å²) in [5, 5.41) is 8.57. The van der Waals surface area contributed by atoms with Gasteiger partial charge in [0.2, 0.25) is 0 Å². The summed E-state index contributed by atoms with van der Waals surface area (Å²) >= 11 is 0. The number of aromatic amines is 1. The van der Waals surface area contributed by atoms with Crippen molar-refractivity contribution in [2.24, 2.45) is 0 Å². The molecule has 0 bridgehead atoms. The van der Waals surface area contributed by atoms with Crippen LogP contribution in [0.2, 0.25) is 0 Å². The maximum absolute atomic E-state index is 11.1. The van der Waals surface area contributed by atoms with Gasteiger partial charge in [-0.25, -0.2) is 4.79 Å². The van der Waals surface area contributed by atoms with E-state index in [0.717, 1.165) is 18.5 Å². The molecule has 1 aromatic heterocycles. The van der Waals surface area contributed by atoms with E-state index in [9.17, 15) is 9.59 Å². The molecule has 0 saturated heterocycles. The van der Waals surface area contributed by atoms with Gasteiger partial charge >= 0.3 is 5.97 Å². The van der Waals surface area contributed by atoms with E-state index in [-0.39, 0.29) is 5.56 Å². The number of carbonyl (C=O) groups is 1. The van der Waals surface area contributed by atoms with Crippen molar-refractivity contribution in [3.05, 3.63) is 33.7 Å². The molecule has 1 heterocycles. The number of carboxylic acids is 1. The largest absolute Gasteiger partial charge is 0.477 e. The number of carboxylic acid groups (broad SMARTS) is 1. The van der Waals surface area contributed by atoms with Gasteiger partial charge in [-0.1, -0.05) is 13.3 Å². The van der Waals surface area contributed by atoms with E-state index >= 15 is 0 Å². The third-order valence-electron chi connectivity index (χ3n) is 1.72. The molecule has 0 unspecified atom stereocenters. The summed E-state index contributed by atoms with van der Waals surface area (Å²) in [6, 6.07) is 2.97. The first-order valence-corrected chi connectivity index (χ1v) is 4.10. The molecule has 0 aliphatic rings. The molecule has 0 saturated carbocycles. The molecule has 0 aliphatic carbocycles. The lowest BCUT2D eigenvalue weighted by molar-refractivity contribution is 0.0695. The molecular formula is C9H11NO3. The Labute approximate surface area is 75.2 Å². The highest BCUT2D eigenvalue weighted by Crippen LogP contribution is 1.98. The van der Waals surface area contributed by atoms with Crippen molar-refractivity contribution in [2.45, 2.75) is 19.8 Å². The third kappa shape index (κ3) is 2.18. The number of hydrogen-bond acceptors (Lipinski definition) is 2. The number of pyridine rings is 1. The molecule has 0 fully saturated rings. The standard InChI is InChI=1S/C9H11NO3/c1-2-3-6-4-5-7(9(12)13)8(11)10-6/h4-5H,2-3H2,1H3,(H,10,11)(H,12,13). The Morgan fingerprint density at radius 2 is 2.23 bits per heavy atom. The first-order chi connectivity index (χ1) is 6.15. The predicted octanol–water partition coefficient (Wildman–Crippen LogP) is 1.03. The van der Waals surface area contributed by atoms with Crippen LogP contribution in [0, 0.1) is 0 Å². The fourth-order valence-electron chi connectivity index (χ4n) is 1.10. The Bertz CT molecular complexity index is 367. The molecule has 4 heteroatoms. The average Bonchev–Trinajstić information content (AvgIpc) is 2.04. The fourth-order valence-corrected chi connectivity index (χ4v) is 1.10. The van der Waals surface area contributed by atoms with Crippen molar-refractivity contribution in [3.8, 4) is 0 Å². The number of aryl methyl sites for hydroxylation is 1.